The number of amides is 1. The number of nitrogens with zero attached hydrogens (tertiary/aromatic N) is 2. The highest BCUT2D eigenvalue weighted by Gasteiger charge is 2.36. The largest absolute Gasteiger partial charge is 0.387 e. The van der Waals surface area contributed by atoms with Gasteiger partial charge in [0.1, 0.15) is 0 Å². The Morgan fingerprint density at radius 3 is 2.62 bits per heavy atom. The molecule has 0 aromatic heterocycles. The van der Waals surface area contributed by atoms with Gasteiger partial charge in [0.25, 0.3) is 0 Å². The van der Waals surface area contributed by atoms with E-state index < -0.39 is 0 Å². The van der Waals surface area contributed by atoms with Crippen molar-refractivity contribution in [2.45, 2.75) is 50.7 Å². The van der Waals surface area contributed by atoms with E-state index in [0.29, 0.717) is 11.8 Å². The van der Waals surface area contributed by atoms with Crippen molar-refractivity contribution >= 4 is 5.91 Å². The van der Waals surface area contributed by atoms with E-state index in [2.05, 4.69) is 28.0 Å². The minimum absolute atomic E-state index is 0.236. The Morgan fingerprint density at radius 2 is 1.88 bits per heavy atom. The average Bonchev–Trinajstić information content (AvgIpc) is 2.95. The van der Waals surface area contributed by atoms with Crippen molar-refractivity contribution in [3.63, 3.8) is 0 Å². The molecule has 4 heteroatoms. The first kappa shape index (κ1) is 16.1. The van der Waals surface area contributed by atoms with Crippen LogP contribution in [0.2, 0.25) is 0 Å². The molecular formula is C20H28N2O2. The fourth-order valence-corrected chi connectivity index (χ4v) is 4.72. The summed E-state index contributed by atoms with van der Waals surface area (Å²) in [7, 11) is 0. The van der Waals surface area contributed by atoms with Gasteiger partial charge in [-0.25, -0.2) is 0 Å². The quantitative estimate of drug-likeness (QED) is 0.926. The maximum Gasteiger partial charge on any atom is 0.222 e. The van der Waals surface area contributed by atoms with E-state index in [1.165, 1.54) is 5.56 Å². The number of hydrogen-bond acceptors (Lipinski definition) is 3. The zero-order valence-corrected chi connectivity index (χ0v) is 14.4. The van der Waals surface area contributed by atoms with Crippen molar-refractivity contribution < 1.29 is 9.90 Å². The third-order valence-corrected chi connectivity index (χ3v) is 6.19. The fraction of sp³-hybridized carbons (Fsp3) is 0.650. The Bertz CT molecular complexity index is 595. The molecule has 0 saturated carbocycles. The van der Waals surface area contributed by atoms with Crippen LogP contribution in [-0.4, -0.2) is 53.0 Å². The van der Waals surface area contributed by atoms with Gasteiger partial charge in [0.15, 0.2) is 0 Å². The van der Waals surface area contributed by atoms with Crippen LogP contribution in [0.4, 0.5) is 0 Å². The summed E-state index contributed by atoms with van der Waals surface area (Å²) in [6.45, 7) is 3.99. The van der Waals surface area contributed by atoms with Gasteiger partial charge in [-0.3, -0.25) is 9.69 Å². The number of fused-ring (bicyclic) bond motifs is 1. The van der Waals surface area contributed by atoms with Crippen molar-refractivity contribution in [3.8, 4) is 0 Å². The van der Waals surface area contributed by atoms with Crippen LogP contribution in [-0.2, 0) is 11.2 Å². The van der Waals surface area contributed by atoms with Crippen molar-refractivity contribution in [3.05, 3.63) is 35.4 Å². The normalized spacial score (nSPS) is 29.0. The van der Waals surface area contributed by atoms with Gasteiger partial charge in [-0.2, -0.15) is 0 Å². The lowest BCUT2D eigenvalue weighted by molar-refractivity contribution is -0.134. The Balaban J connectivity index is 1.31. The van der Waals surface area contributed by atoms with Gasteiger partial charge in [0.05, 0.1) is 6.10 Å². The summed E-state index contributed by atoms with van der Waals surface area (Å²) < 4.78 is 0. The smallest absolute Gasteiger partial charge is 0.222 e. The molecule has 4 nitrogen and oxygen atoms in total. The first-order chi connectivity index (χ1) is 11.7. The molecule has 1 amide bonds. The summed E-state index contributed by atoms with van der Waals surface area (Å²) in [5, 5.41) is 10.7. The van der Waals surface area contributed by atoms with Crippen molar-refractivity contribution in [1.82, 2.24) is 9.80 Å². The van der Waals surface area contributed by atoms with E-state index in [1.54, 1.807) is 0 Å². The molecule has 2 aliphatic heterocycles. The minimum Gasteiger partial charge on any atom is -0.387 e. The van der Waals surface area contributed by atoms with Crippen LogP contribution in [0.15, 0.2) is 24.3 Å². The number of carbonyl (C=O) groups excluding carboxylic acids is 1. The zero-order valence-electron chi connectivity index (χ0n) is 14.4. The van der Waals surface area contributed by atoms with Crippen molar-refractivity contribution in [1.29, 1.82) is 0 Å². The first-order valence-corrected chi connectivity index (χ1v) is 9.50. The summed E-state index contributed by atoms with van der Waals surface area (Å²) in [5.74, 6) is 0.981. The van der Waals surface area contributed by atoms with Gasteiger partial charge in [0.2, 0.25) is 5.91 Å². The number of hydrogen-bond donors (Lipinski definition) is 1. The predicted molar refractivity (Wildman–Crippen MR) is 93.6 cm³/mol. The number of piperidine rings is 2. The van der Waals surface area contributed by atoms with Crippen molar-refractivity contribution in [2.24, 2.45) is 5.92 Å². The van der Waals surface area contributed by atoms with Gasteiger partial charge < -0.3 is 10.0 Å². The van der Waals surface area contributed by atoms with E-state index in [0.717, 1.165) is 70.3 Å². The number of aliphatic hydroxyl groups is 1. The van der Waals surface area contributed by atoms with Crippen LogP contribution >= 0.6 is 0 Å². The highest BCUT2D eigenvalue weighted by molar-refractivity contribution is 5.76. The minimum atomic E-state index is -0.346. The molecule has 3 aliphatic rings. The lowest BCUT2D eigenvalue weighted by Crippen LogP contribution is -2.46. The van der Waals surface area contributed by atoms with E-state index in [1.807, 2.05) is 6.07 Å². The molecule has 0 spiro atoms. The Morgan fingerprint density at radius 1 is 1.08 bits per heavy atom. The van der Waals surface area contributed by atoms with E-state index in [9.17, 15) is 9.90 Å². The molecule has 1 aromatic rings. The molecule has 1 aromatic carbocycles. The predicted octanol–water partition coefficient (Wildman–Crippen LogP) is 2.37. The van der Waals surface area contributed by atoms with Gasteiger partial charge in [-0.15, -0.1) is 0 Å². The summed E-state index contributed by atoms with van der Waals surface area (Å²) in [6.07, 6.45) is 5.87. The van der Waals surface area contributed by atoms with Crippen LogP contribution < -0.4 is 0 Å². The van der Waals surface area contributed by atoms with Gasteiger partial charge in [-0.1, -0.05) is 24.3 Å². The second-order valence-electron chi connectivity index (χ2n) is 7.69. The molecule has 2 heterocycles. The molecule has 0 bridgehead atoms. The van der Waals surface area contributed by atoms with E-state index in [-0.39, 0.29) is 12.1 Å². The molecule has 4 rings (SSSR count). The Hall–Kier alpha value is -1.39. The first-order valence-electron chi connectivity index (χ1n) is 9.50. The molecule has 130 valence electrons. The van der Waals surface area contributed by atoms with Crippen LogP contribution in [0.3, 0.4) is 0 Å². The van der Waals surface area contributed by atoms with Gasteiger partial charge in [0, 0.05) is 25.6 Å². The van der Waals surface area contributed by atoms with E-state index >= 15 is 0 Å². The number of rotatable bonds is 3. The van der Waals surface area contributed by atoms with Gasteiger partial charge in [-0.05, 0) is 62.2 Å². The summed E-state index contributed by atoms with van der Waals surface area (Å²) >= 11 is 0. The van der Waals surface area contributed by atoms with Crippen LogP contribution in [0.1, 0.15) is 49.3 Å². The SMILES string of the molecule is O=C1CCCCN1CC1CCN(C2Cc3ccccc3C2O)CC1. The fourth-order valence-electron chi connectivity index (χ4n) is 4.72. The molecule has 2 fully saturated rings. The Labute approximate surface area is 144 Å². The third kappa shape index (κ3) is 3.09. The summed E-state index contributed by atoms with van der Waals surface area (Å²) in [4.78, 5) is 16.6. The number of benzene rings is 1. The second kappa shape index (κ2) is 6.85. The van der Waals surface area contributed by atoms with Crippen LogP contribution in [0.25, 0.3) is 0 Å². The average molecular weight is 328 g/mol. The molecule has 1 N–H and O–H groups in total. The van der Waals surface area contributed by atoms with Crippen molar-refractivity contribution in [2.75, 3.05) is 26.2 Å². The second-order valence-corrected chi connectivity index (χ2v) is 7.69. The molecule has 2 atom stereocenters. The van der Waals surface area contributed by atoms with Gasteiger partial charge >= 0.3 is 0 Å². The number of aliphatic hydroxyl groups excluding tert-OH is 1. The summed E-state index contributed by atoms with van der Waals surface area (Å²) in [5.41, 5.74) is 2.42. The lowest BCUT2D eigenvalue weighted by atomic mass is 9.93. The van der Waals surface area contributed by atoms with Crippen LogP contribution in [0, 0.1) is 5.92 Å². The molecular weight excluding hydrogens is 300 g/mol. The maximum absolute atomic E-state index is 12.0. The Kier molecular flexibility index (Phi) is 4.59. The molecule has 2 unspecified atom stereocenters. The molecule has 2 saturated heterocycles. The standard InChI is InChI=1S/C20H28N2O2/c23-19-7-3-4-10-22(19)14-15-8-11-21(12-9-15)18-13-16-5-1-2-6-17(16)20(18)24/h1-2,5-6,15,18,20,24H,3-4,7-14H2. The number of likely N-dealkylation sites (tertiary alicyclic amines) is 2. The number of carbonyl (C=O) groups is 1. The summed E-state index contributed by atoms with van der Waals surface area (Å²) in [6, 6.07) is 8.53. The highest BCUT2D eigenvalue weighted by atomic mass is 16.3. The monoisotopic (exact) mass is 328 g/mol. The topological polar surface area (TPSA) is 43.8 Å². The molecule has 0 radical (unpaired) electrons. The van der Waals surface area contributed by atoms with E-state index in [4.69, 9.17) is 0 Å². The lowest BCUT2D eigenvalue weighted by Gasteiger charge is -2.39. The zero-order chi connectivity index (χ0) is 16.5. The van der Waals surface area contributed by atoms with Crippen LogP contribution in [0.5, 0.6) is 0 Å². The third-order valence-electron chi connectivity index (χ3n) is 6.19. The maximum atomic E-state index is 12.0. The molecule has 1 aliphatic carbocycles. The molecule has 24 heavy (non-hydrogen) atoms. The highest BCUT2D eigenvalue weighted by Crippen LogP contribution is 2.36.